The minimum absolute atomic E-state index is 0.0401. The number of thiazole rings is 1. The number of pyridine rings is 1. The molecule has 128 valence electrons. The molecule has 3 rings (SSSR count). The molecule has 1 aromatic carbocycles. The molecule has 1 N–H and O–H groups in total. The molecule has 0 spiro atoms. The fourth-order valence-corrected chi connectivity index (χ4v) is 2.94. The fraction of sp³-hybridized carbons (Fsp3) is 0.118. The van der Waals surface area contributed by atoms with Crippen molar-refractivity contribution in [1.82, 2.24) is 9.97 Å². The fourth-order valence-electron chi connectivity index (χ4n) is 2.13. The van der Waals surface area contributed by atoms with E-state index >= 15 is 0 Å². The topological polar surface area (TPSA) is 54.9 Å². The standard InChI is InChI=1S/C17H12F3N3OS/c18-11-3-4-12(17(20)16(11)19)22-14(24)5-6-15-23-13(9-25-15)10-2-1-7-21-8-10/h1-4,7-9H,5-6H2,(H,22,24). The zero-order chi connectivity index (χ0) is 17.8. The van der Waals surface area contributed by atoms with Gasteiger partial charge in [-0.15, -0.1) is 11.3 Å². The second-order valence-electron chi connectivity index (χ2n) is 5.14. The van der Waals surface area contributed by atoms with Crippen LogP contribution < -0.4 is 5.32 Å². The average Bonchev–Trinajstić information content (AvgIpc) is 3.10. The highest BCUT2D eigenvalue weighted by Crippen LogP contribution is 2.22. The molecule has 0 saturated carbocycles. The predicted molar refractivity (Wildman–Crippen MR) is 88.6 cm³/mol. The Morgan fingerprint density at radius 2 is 2.00 bits per heavy atom. The van der Waals surface area contributed by atoms with Crippen LogP contribution in [0.5, 0.6) is 0 Å². The molecular weight excluding hydrogens is 351 g/mol. The van der Waals surface area contributed by atoms with Gasteiger partial charge in [0.25, 0.3) is 0 Å². The van der Waals surface area contributed by atoms with Crippen LogP contribution >= 0.6 is 11.3 Å². The molecule has 0 aliphatic carbocycles. The molecule has 0 saturated heterocycles. The smallest absolute Gasteiger partial charge is 0.224 e. The maximum Gasteiger partial charge on any atom is 0.224 e. The first-order chi connectivity index (χ1) is 12.0. The molecular formula is C17H12F3N3OS. The molecule has 25 heavy (non-hydrogen) atoms. The summed E-state index contributed by atoms with van der Waals surface area (Å²) in [5.74, 6) is -4.84. The van der Waals surface area contributed by atoms with E-state index in [1.807, 2.05) is 11.4 Å². The van der Waals surface area contributed by atoms with Crippen LogP contribution in [0.1, 0.15) is 11.4 Å². The highest BCUT2D eigenvalue weighted by atomic mass is 32.1. The first-order valence-corrected chi connectivity index (χ1v) is 8.20. The van der Waals surface area contributed by atoms with Crippen molar-refractivity contribution >= 4 is 22.9 Å². The predicted octanol–water partition coefficient (Wildman–Crippen LogP) is 4.19. The zero-order valence-electron chi connectivity index (χ0n) is 12.8. The minimum atomic E-state index is -1.61. The molecule has 2 heterocycles. The van der Waals surface area contributed by atoms with E-state index in [2.05, 4.69) is 15.3 Å². The van der Waals surface area contributed by atoms with Gasteiger partial charge in [0.15, 0.2) is 17.5 Å². The zero-order valence-corrected chi connectivity index (χ0v) is 13.6. The SMILES string of the molecule is O=C(CCc1nc(-c2cccnc2)cs1)Nc1ccc(F)c(F)c1F. The summed E-state index contributed by atoms with van der Waals surface area (Å²) >= 11 is 1.40. The van der Waals surface area contributed by atoms with Crippen molar-refractivity contribution in [3.05, 3.63) is 64.5 Å². The van der Waals surface area contributed by atoms with E-state index in [9.17, 15) is 18.0 Å². The Bertz CT molecular complexity index is 899. The molecule has 4 nitrogen and oxygen atoms in total. The molecule has 0 bridgehead atoms. The molecule has 2 aromatic heterocycles. The first kappa shape index (κ1) is 17.1. The number of anilines is 1. The van der Waals surface area contributed by atoms with Gasteiger partial charge >= 0.3 is 0 Å². The van der Waals surface area contributed by atoms with Crippen LogP contribution in [-0.2, 0) is 11.2 Å². The lowest BCUT2D eigenvalue weighted by Gasteiger charge is -2.06. The molecule has 0 atom stereocenters. The summed E-state index contributed by atoms with van der Waals surface area (Å²) in [7, 11) is 0. The molecule has 0 radical (unpaired) electrons. The second kappa shape index (κ2) is 7.43. The van der Waals surface area contributed by atoms with E-state index in [1.54, 1.807) is 18.5 Å². The number of nitrogens with one attached hydrogen (secondary N) is 1. The quantitative estimate of drug-likeness (QED) is 0.692. The molecule has 3 aromatic rings. The van der Waals surface area contributed by atoms with Crippen LogP contribution in [0.15, 0.2) is 42.0 Å². The Labute approximate surface area is 145 Å². The van der Waals surface area contributed by atoms with Gasteiger partial charge in [0.1, 0.15) is 0 Å². The summed E-state index contributed by atoms with van der Waals surface area (Å²) in [5, 5.41) is 4.83. The Hall–Kier alpha value is -2.74. The van der Waals surface area contributed by atoms with Crippen LogP contribution in [-0.4, -0.2) is 15.9 Å². The van der Waals surface area contributed by atoms with Gasteiger partial charge in [-0.05, 0) is 24.3 Å². The number of benzene rings is 1. The maximum absolute atomic E-state index is 13.5. The lowest BCUT2D eigenvalue weighted by molar-refractivity contribution is -0.116. The van der Waals surface area contributed by atoms with Gasteiger partial charge in [-0.25, -0.2) is 18.2 Å². The van der Waals surface area contributed by atoms with E-state index in [-0.39, 0.29) is 12.1 Å². The molecule has 0 fully saturated rings. The van der Waals surface area contributed by atoms with Crippen LogP contribution in [0, 0.1) is 17.5 Å². The summed E-state index contributed by atoms with van der Waals surface area (Å²) in [4.78, 5) is 20.3. The van der Waals surface area contributed by atoms with Crippen molar-refractivity contribution in [3.8, 4) is 11.3 Å². The van der Waals surface area contributed by atoms with E-state index in [0.29, 0.717) is 6.42 Å². The number of halogens is 3. The van der Waals surface area contributed by atoms with Crippen LogP contribution in [0.4, 0.5) is 18.9 Å². The third-order valence-corrected chi connectivity index (χ3v) is 4.29. The average molecular weight is 363 g/mol. The number of aromatic nitrogens is 2. The molecule has 0 unspecified atom stereocenters. The van der Waals surface area contributed by atoms with Crippen molar-refractivity contribution in [1.29, 1.82) is 0 Å². The second-order valence-corrected chi connectivity index (χ2v) is 6.08. The van der Waals surface area contributed by atoms with Gasteiger partial charge < -0.3 is 5.32 Å². The van der Waals surface area contributed by atoms with Gasteiger partial charge in [0.05, 0.1) is 16.4 Å². The number of carbonyl (C=O) groups is 1. The summed E-state index contributed by atoms with van der Waals surface area (Å²) in [5.41, 5.74) is 1.25. The van der Waals surface area contributed by atoms with E-state index in [4.69, 9.17) is 0 Å². The van der Waals surface area contributed by atoms with Crippen molar-refractivity contribution in [3.63, 3.8) is 0 Å². The lowest BCUT2D eigenvalue weighted by Crippen LogP contribution is -2.14. The molecule has 0 aliphatic heterocycles. The van der Waals surface area contributed by atoms with Crippen LogP contribution in [0.2, 0.25) is 0 Å². The Morgan fingerprint density at radius 3 is 2.76 bits per heavy atom. The third-order valence-electron chi connectivity index (χ3n) is 3.38. The molecule has 8 heteroatoms. The van der Waals surface area contributed by atoms with Crippen molar-refractivity contribution in [2.45, 2.75) is 12.8 Å². The number of hydrogen-bond donors (Lipinski definition) is 1. The lowest BCUT2D eigenvalue weighted by atomic mass is 10.2. The number of carbonyl (C=O) groups excluding carboxylic acids is 1. The normalized spacial score (nSPS) is 10.7. The van der Waals surface area contributed by atoms with Crippen molar-refractivity contribution in [2.75, 3.05) is 5.32 Å². The number of hydrogen-bond acceptors (Lipinski definition) is 4. The van der Waals surface area contributed by atoms with Crippen molar-refractivity contribution in [2.24, 2.45) is 0 Å². The molecule has 0 aliphatic rings. The van der Waals surface area contributed by atoms with Gasteiger partial charge in [0, 0.05) is 36.2 Å². The monoisotopic (exact) mass is 363 g/mol. The summed E-state index contributed by atoms with van der Waals surface area (Å²) in [6.07, 6.45) is 3.75. The van der Waals surface area contributed by atoms with Gasteiger partial charge in [-0.2, -0.15) is 0 Å². The summed E-state index contributed by atoms with van der Waals surface area (Å²) < 4.78 is 39.5. The van der Waals surface area contributed by atoms with E-state index in [1.165, 1.54) is 11.3 Å². The van der Waals surface area contributed by atoms with E-state index < -0.39 is 23.4 Å². The van der Waals surface area contributed by atoms with Crippen molar-refractivity contribution < 1.29 is 18.0 Å². The van der Waals surface area contributed by atoms with Crippen LogP contribution in [0.3, 0.4) is 0 Å². The first-order valence-electron chi connectivity index (χ1n) is 7.32. The van der Waals surface area contributed by atoms with Gasteiger partial charge in [-0.1, -0.05) is 0 Å². The Kier molecular flexibility index (Phi) is 5.08. The maximum atomic E-state index is 13.5. The minimum Gasteiger partial charge on any atom is -0.323 e. The Balaban J connectivity index is 1.60. The van der Waals surface area contributed by atoms with Crippen LogP contribution in [0.25, 0.3) is 11.3 Å². The highest BCUT2D eigenvalue weighted by molar-refractivity contribution is 7.09. The van der Waals surface area contributed by atoms with Gasteiger partial charge in [-0.3, -0.25) is 9.78 Å². The highest BCUT2D eigenvalue weighted by Gasteiger charge is 2.15. The number of nitrogens with zero attached hydrogens (tertiary/aromatic N) is 2. The summed E-state index contributed by atoms with van der Waals surface area (Å²) in [6.45, 7) is 0. The largest absolute Gasteiger partial charge is 0.323 e. The summed E-state index contributed by atoms with van der Waals surface area (Å²) in [6, 6.07) is 5.42. The Morgan fingerprint density at radius 1 is 1.16 bits per heavy atom. The van der Waals surface area contributed by atoms with Gasteiger partial charge in [0.2, 0.25) is 5.91 Å². The third kappa shape index (κ3) is 4.03. The number of aryl methyl sites for hydroxylation is 1. The molecule has 1 amide bonds. The number of rotatable bonds is 5. The number of amides is 1. The van der Waals surface area contributed by atoms with E-state index in [0.717, 1.165) is 28.4 Å².